The Balaban J connectivity index is 1.73. The smallest absolute Gasteiger partial charge is 0.193 e. The van der Waals surface area contributed by atoms with Gasteiger partial charge < -0.3 is 10.2 Å². The summed E-state index contributed by atoms with van der Waals surface area (Å²) in [6, 6.07) is 10.7. The molecular formula is C17H28N4S. The minimum absolute atomic E-state index is 1.01. The molecule has 1 heterocycles. The zero-order valence-electron chi connectivity index (χ0n) is 13.8. The van der Waals surface area contributed by atoms with Gasteiger partial charge in [-0.2, -0.15) is 11.8 Å². The highest BCUT2D eigenvalue weighted by Crippen LogP contribution is 2.08. The van der Waals surface area contributed by atoms with Crippen LogP contribution < -0.4 is 5.32 Å². The van der Waals surface area contributed by atoms with Crippen LogP contribution in [0.25, 0.3) is 0 Å². The van der Waals surface area contributed by atoms with Gasteiger partial charge in [-0.1, -0.05) is 30.3 Å². The molecule has 0 amide bonds. The molecule has 0 aromatic heterocycles. The molecule has 1 N–H and O–H groups in total. The molecule has 1 aromatic rings. The summed E-state index contributed by atoms with van der Waals surface area (Å²) in [6.07, 6.45) is 3.34. The fraction of sp³-hybridized carbons (Fsp3) is 0.588. The molecule has 1 aliphatic heterocycles. The molecule has 2 rings (SSSR count). The molecule has 122 valence electrons. The summed E-state index contributed by atoms with van der Waals surface area (Å²) >= 11 is 1.90. The predicted molar refractivity (Wildman–Crippen MR) is 97.7 cm³/mol. The van der Waals surface area contributed by atoms with E-state index in [-0.39, 0.29) is 0 Å². The van der Waals surface area contributed by atoms with Crippen molar-refractivity contribution in [2.75, 3.05) is 51.8 Å². The van der Waals surface area contributed by atoms with Gasteiger partial charge in [-0.25, -0.2) is 0 Å². The third kappa shape index (κ3) is 5.54. The lowest BCUT2D eigenvalue weighted by atomic mass is 10.2. The van der Waals surface area contributed by atoms with Crippen LogP contribution in [-0.4, -0.2) is 67.5 Å². The maximum atomic E-state index is 4.42. The van der Waals surface area contributed by atoms with E-state index in [1.165, 1.54) is 17.7 Å². The molecule has 0 aliphatic carbocycles. The summed E-state index contributed by atoms with van der Waals surface area (Å²) in [5.41, 5.74) is 1.40. The van der Waals surface area contributed by atoms with Gasteiger partial charge in [0, 0.05) is 46.3 Å². The molecule has 1 fully saturated rings. The first-order valence-corrected chi connectivity index (χ1v) is 9.43. The highest BCUT2D eigenvalue weighted by Gasteiger charge is 2.19. The van der Waals surface area contributed by atoms with Gasteiger partial charge in [0.25, 0.3) is 0 Å². The second-order valence-corrected chi connectivity index (χ2v) is 6.55. The number of rotatable bonds is 6. The Kier molecular flexibility index (Phi) is 7.60. The molecule has 0 bridgehead atoms. The number of piperazine rings is 1. The van der Waals surface area contributed by atoms with Crippen LogP contribution in [-0.2, 0) is 6.54 Å². The summed E-state index contributed by atoms with van der Waals surface area (Å²) < 4.78 is 0. The first-order valence-electron chi connectivity index (χ1n) is 8.04. The van der Waals surface area contributed by atoms with E-state index in [4.69, 9.17) is 0 Å². The van der Waals surface area contributed by atoms with Crippen LogP contribution in [0.2, 0.25) is 0 Å². The summed E-state index contributed by atoms with van der Waals surface area (Å²) in [4.78, 5) is 9.32. The quantitative estimate of drug-likeness (QED) is 0.494. The lowest BCUT2D eigenvalue weighted by molar-refractivity contribution is 0.172. The van der Waals surface area contributed by atoms with E-state index >= 15 is 0 Å². The fourth-order valence-corrected chi connectivity index (χ4v) is 3.14. The van der Waals surface area contributed by atoms with E-state index in [2.05, 4.69) is 56.7 Å². The zero-order chi connectivity index (χ0) is 15.6. The minimum Gasteiger partial charge on any atom is -0.356 e. The number of aliphatic imine (C=N–C) groups is 1. The first-order chi connectivity index (χ1) is 10.8. The van der Waals surface area contributed by atoms with Crippen LogP contribution in [0.15, 0.2) is 35.3 Å². The summed E-state index contributed by atoms with van der Waals surface area (Å²) in [6.45, 7) is 6.36. The van der Waals surface area contributed by atoms with E-state index in [9.17, 15) is 0 Å². The minimum atomic E-state index is 1.01. The monoisotopic (exact) mass is 320 g/mol. The average molecular weight is 321 g/mol. The third-order valence-corrected chi connectivity index (χ3v) is 4.64. The second kappa shape index (κ2) is 9.74. The van der Waals surface area contributed by atoms with Crippen LogP contribution in [0, 0.1) is 0 Å². The molecule has 0 radical (unpaired) electrons. The molecule has 5 heteroatoms. The van der Waals surface area contributed by atoms with Gasteiger partial charge >= 0.3 is 0 Å². The van der Waals surface area contributed by atoms with Crippen LogP contribution in [0.3, 0.4) is 0 Å². The fourth-order valence-electron chi connectivity index (χ4n) is 2.71. The van der Waals surface area contributed by atoms with Gasteiger partial charge in [0.15, 0.2) is 5.96 Å². The first kappa shape index (κ1) is 17.2. The van der Waals surface area contributed by atoms with Crippen molar-refractivity contribution in [1.82, 2.24) is 15.1 Å². The number of benzene rings is 1. The molecule has 1 saturated heterocycles. The Morgan fingerprint density at radius 3 is 2.55 bits per heavy atom. The molecule has 1 aliphatic rings. The van der Waals surface area contributed by atoms with Crippen molar-refractivity contribution >= 4 is 17.7 Å². The number of hydrogen-bond acceptors (Lipinski definition) is 3. The van der Waals surface area contributed by atoms with Crippen molar-refractivity contribution in [2.24, 2.45) is 4.99 Å². The van der Waals surface area contributed by atoms with Gasteiger partial charge in [-0.05, 0) is 24.0 Å². The number of thioether (sulfide) groups is 1. The normalized spacial score (nSPS) is 16.8. The lowest BCUT2D eigenvalue weighted by Crippen LogP contribution is -2.52. The van der Waals surface area contributed by atoms with E-state index in [1.807, 2.05) is 18.8 Å². The van der Waals surface area contributed by atoms with Gasteiger partial charge in [0.05, 0.1) is 0 Å². The van der Waals surface area contributed by atoms with Gasteiger partial charge in [0.1, 0.15) is 0 Å². The van der Waals surface area contributed by atoms with E-state index in [0.717, 1.165) is 45.2 Å². The van der Waals surface area contributed by atoms with Crippen LogP contribution >= 0.6 is 11.8 Å². The highest BCUT2D eigenvalue weighted by molar-refractivity contribution is 7.98. The Bertz CT molecular complexity index is 441. The molecule has 0 spiro atoms. The molecule has 22 heavy (non-hydrogen) atoms. The Hall–Kier alpha value is -1.20. The van der Waals surface area contributed by atoms with Crippen molar-refractivity contribution in [1.29, 1.82) is 0 Å². The molecule has 0 atom stereocenters. The van der Waals surface area contributed by atoms with Crippen LogP contribution in [0.4, 0.5) is 0 Å². The molecule has 1 aromatic carbocycles. The second-order valence-electron chi connectivity index (χ2n) is 5.57. The zero-order valence-corrected chi connectivity index (χ0v) is 14.6. The maximum absolute atomic E-state index is 4.42. The third-order valence-electron chi connectivity index (χ3n) is 3.94. The van der Waals surface area contributed by atoms with Crippen LogP contribution in [0.1, 0.15) is 12.0 Å². The maximum Gasteiger partial charge on any atom is 0.193 e. The van der Waals surface area contributed by atoms with E-state index < -0.39 is 0 Å². The van der Waals surface area contributed by atoms with E-state index in [1.54, 1.807) is 0 Å². The van der Waals surface area contributed by atoms with Gasteiger partial charge in [0.2, 0.25) is 0 Å². The molecule has 0 unspecified atom stereocenters. The van der Waals surface area contributed by atoms with Crippen molar-refractivity contribution in [3.8, 4) is 0 Å². The predicted octanol–water partition coefficient (Wildman–Crippen LogP) is 2.13. The Labute approximate surface area is 139 Å². The highest BCUT2D eigenvalue weighted by atomic mass is 32.2. The van der Waals surface area contributed by atoms with Crippen molar-refractivity contribution < 1.29 is 0 Å². The Morgan fingerprint density at radius 1 is 1.18 bits per heavy atom. The average Bonchev–Trinajstić information content (AvgIpc) is 2.57. The van der Waals surface area contributed by atoms with Crippen molar-refractivity contribution in [3.05, 3.63) is 35.9 Å². The molecule has 4 nitrogen and oxygen atoms in total. The molecule has 0 saturated carbocycles. The topological polar surface area (TPSA) is 30.9 Å². The van der Waals surface area contributed by atoms with Crippen LogP contribution in [0.5, 0.6) is 0 Å². The van der Waals surface area contributed by atoms with Gasteiger partial charge in [-0.15, -0.1) is 0 Å². The largest absolute Gasteiger partial charge is 0.356 e. The van der Waals surface area contributed by atoms with E-state index in [0.29, 0.717) is 0 Å². The lowest BCUT2D eigenvalue weighted by Gasteiger charge is -2.36. The Morgan fingerprint density at radius 2 is 1.91 bits per heavy atom. The molecular weight excluding hydrogens is 292 g/mol. The number of nitrogens with one attached hydrogen (secondary N) is 1. The van der Waals surface area contributed by atoms with Crippen molar-refractivity contribution in [2.45, 2.75) is 13.0 Å². The summed E-state index contributed by atoms with van der Waals surface area (Å²) in [5, 5.41) is 3.48. The van der Waals surface area contributed by atoms with Crippen molar-refractivity contribution in [3.63, 3.8) is 0 Å². The number of guanidine groups is 1. The summed E-state index contributed by atoms with van der Waals surface area (Å²) in [7, 11) is 1.88. The standard InChI is InChI=1S/C17H28N4S/c1-18-17(19-9-6-14-22-2)21-12-10-20(11-13-21)15-16-7-4-3-5-8-16/h3-5,7-8H,6,9-15H2,1-2H3,(H,18,19). The van der Waals surface area contributed by atoms with Gasteiger partial charge in [-0.3, -0.25) is 9.89 Å². The summed E-state index contributed by atoms with van der Waals surface area (Å²) in [5.74, 6) is 2.26. The number of hydrogen-bond donors (Lipinski definition) is 1. The SMILES string of the molecule is CN=C(NCCCSC)N1CCN(Cc2ccccc2)CC1. The number of nitrogens with zero attached hydrogens (tertiary/aromatic N) is 3.